The molecule has 5 nitrogen and oxygen atoms in total. The van der Waals surface area contributed by atoms with Crippen molar-refractivity contribution in [3.8, 4) is 0 Å². The van der Waals surface area contributed by atoms with Crippen LogP contribution in [0.15, 0.2) is 29.8 Å². The second-order valence-corrected chi connectivity index (χ2v) is 6.00. The molecule has 0 bridgehead atoms. The summed E-state index contributed by atoms with van der Waals surface area (Å²) in [6.45, 7) is 2.47. The molecule has 21 heavy (non-hydrogen) atoms. The second kappa shape index (κ2) is 6.22. The molecule has 0 aliphatic carbocycles. The van der Waals surface area contributed by atoms with Crippen molar-refractivity contribution in [1.29, 1.82) is 0 Å². The maximum atomic E-state index is 11.8. The Morgan fingerprint density at radius 1 is 1.43 bits per heavy atom. The molecule has 2 aromatic rings. The van der Waals surface area contributed by atoms with E-state index in [1.807, 2.05) is 28.5 Å². The van der Waals surface area contributed by atoms with Crippen LogP contribution in [-0.4, -0.2) is 27.3 Å². The van der Waals surface area contributed by atoms with E-state index in [0.29, 0.717) is 0 Å². The van der Waals surface area contributed by atoms with Crippen molar-refractivity contribution >= 4 is 28.2 Å². The lowest BCUT2D eigenvalue weighted by molar-refractivity contribution is -0.132. The Bertz CT molecular complexity index is 613. The Morgan fingerprint density at radius 3 is 3.10 bits per heavy atom. The summed E-state index contributed by atoms with van der Waals surface area (Å²) in [6.07, 6.45) is 4.97. The summed E-state index contributed by atoms with van der Waals surface area (Å²) in [5.74, 6) is 0.914. The molecule has 1 fully saturated rings. The lowest BCUT2D eigenvalue weighted by Crippen LogP contribution is -2.37. The quantitative estimate of drug-likeness (QED) is 0.944. The number of aromatic nitrogens is 2. The van der Waals surface area contributed by atoms with E-state index in [-0.39, 0.29) is 11.9 Å². The van der Waals surface area contributed by atoms with Gasteiger partial charge in [0, 0.05) is 25.0 Å². The zero-order valence-electron chi connectivity index (χ0n) is 12.0. The summed E-state index contributed by atoms with van der Waals surface area (Å²) in [7, 11) is 0. The largest absolute Gasteiger partial charge is 0.334 e. The summed E-state index contributed by atoms with van der Waals surface area (Å²) in [6, 6.07) is 5.84. The zero-order chi connectivity index (χ0) is 14.7. The highest BCUT2D eigenvalue weighted by molar-refractivity contribution is 7.13. The Kier molecular flexibility index (Phi) is 4.15. The topological polar surface area (TPSA) is 58.1 Å². The molecule has 3 heterocycles. The van der Waals surface area contributed by atoms with Gasteiger partial charge in [0.25, 0.3) is 0 Å². The number of thiazole rings is 1. The number of carbonyl (C=O) groups is 1. The van der Waals surface area contributed by atoms with Gasteiger partial charge in [-0.1, -0.05) is 6.07 Å². The standard InChI is InChI=1S/C15H18N4OS/c1-11(20)19-9-5-3-6-13(19)12-10-21-15(17-12)18-14-7-2-4-8-16-14/h2,4,7-8,10,13H,3,5-6,9H2,1H3,(H,16,17,18)/t13-/m0/s1. The summed E-state index contributed by atoms with van der Waals surface area (Å²) in [4.78, 5) is 22.6. The highest BCUT2D eigenvalue weighted by atomic mass is 32.1. The average Bonchev–Trinajstić information content (AvgIpc) is 2.96. The van der Waals surface area contributed by atoms with Crippen LogP contribution in [0.2, 0.25) is 0 Å². The van der Waals surface area contributed by atoms with Crippen LogP contribution in [0.4, 0.5) is 10.9 Å². The Balaban J connectivity index is 1.76. The number of hydrogen-bond donors (Lipinski definition) is 1. The van der Waals surface area contributed by atoms with Crippen LogP contribution in [0, 0.1) is 0 Å². The van der Waals surface area contributed by atoms with E-state index in [2.05, 4.69) is 15.3 Å². The maximum absolute atomic E-state index is 11.8. The number of hydrogen-bond acceptors (Lipinski definition) is 5. The third-order valence-corrected chi connectivity index (χ3v) is 4.45. The first-order chi connectivity index (χ1) is 10.2. The van der Waals surface area contributed by atoms with Gasteiger partial charge in [-0.2, -0.15) is 0 Å². The SMILES string of the molecule is CC(=O)N1CCCC[C@H]1c1csc(Nc2ccccn2)n1. The molecule has 0 unspecified atom stereocenters. The van der Waals surface area contributed by atoms with Crippen molar-refractivity contribution in [3.05, 3.63) is 35.5 Å². The van der Waals surface area contributed by atoms with Gasteiger partial charge in [-0.05, 0) is 31.4 Å². The van der Waals surface area contributed by atoms with Crippen molar-refractivity contribution < 1.29 is 4.79 Å². The molecule has 1 aliphatic rings. The van der Waals surface area contributed by atoms with E-state index in [9.17, 15) is 4.79 Å². The van der Waals surface area contributed by atoms with E-state index in [1.54, 1.807) is 24.5 Å². The van der Waals surface area contributed by atoms with Crippen molar-refractivity contribution in [2.75, 3.05) is 11.9 Å². The Labute approximate surface area is 128 Å². The Hall–Kier alpha value is -1.95. The fourth-order valence-corrected chi connectivity index (χ4v) is 3.42. The molecular weight excluding hydrogens is 284 g/mol. The van der Waals surface area contributed by atoms with E-state index >= 15 is 0 Å². The fraction of sp³-hybridized carbons (Fsp3) is 0.400. The fourth-order valence-electron chi connectivity index (χ4n) is 2.66. The van der Waals surface area contributed by atoms with Crippen LogP contribution < -0.4 is 5.32 Å². The van der Waals surface area contributed by atoms with Crippen LogP contribution in [0.1, 0.15) is 37.9 Å². The lowest BCUT2D eigenvalue weighted by atomic mass is 10.00. The van der Waals surface area contributed by atoms with Crippen LogP contribution in [-0.2, 0) is 4.79 Å². The number of likely N-dealkylation sites (tertiary alicyclic amines) is 1. The molecule has 1 aliphatic heterocycles. The molecule has 1 atom stereocenters. The molecule has 3 rings (SSSR count). The molecule has 0 spiro atoms. The van der Waals surface area contributed by atoms with Crippen molar-refractivity contribution in [2.24, 2.45) is 0 Å². The summed E-state index contributed by atoms with van der Waals surface area (Å²) >= 11 is 1.55. The van der Waals surface area contributed by atoms with Gasteiger partial charge in [0.1, 0.15) is 5.82 Å². The first-order valence-electron chi connectivity index (χ1n) is 7.15. The molecule has 110 valence electrons. The number of nitrogens with one attached hydrogen (secondary N) is 1. The van der Waals surface area contributed by atoms with Gasteiger partial charge < -0.3 is 10.2 Å². The summed E-state index contributed by atoms with van der Waals surface area (Å²) < 4.78 is 0. The average molecular weight is 302 g/mol. The van der Waals surface area contributed by atoms with Gasteiger partial charge in [0.2, 0.25) is 5.91 Å². The highest BCUT2D eigenvalue weighted by Gasteiger charge is 2.27. The zero-order valence-corrected chi connectivity index (χ0v) is 12.8. The van der Waals surface area contributed by atoms with Gasteiger partial charge in [-0.25, -0.2) is 9.97 Å². The van der Waals surface area contributed by atoms with Gasteiger partial charge >= 0.3 is 0 Å². The maximum Gasteiger partial charge on any atom is 0.220 e. The number of rotatable bonds is 3. The molecule has 6 heteroatoms. The minimum absolute atomic E-state index is 0.117. The van der Waals surface area contributed by atoms with E-state index in [1.165, 1.54) is 0 Å². The molecule has 2 aromatic heterocycles. The van der Waals surface area contributed by atoms with Crippen LogP contribution >= 0.6 is 11.3 Å². The van der Waals surface area contributed by atoms with E-state index in [0.717, 1.165) is 42.5 Å². The van der Waals surface area contributed by atoms with Gasteiger partial charge in [0.05, 0.1) is 11.7 Å². The normalized spacial score (nSPS) is 18.5. The molecule has 0 aromatic carbocycles. The minimum atomic E-state index is 0.117. The Morgan fingerprint density at radius 2 is 2.33 bits per heavy atom. The van der Waals surface area contributed by atoms with Crippen molar-refractivity contribution in [2.45, 2.75) is 32.2 Å². The van der Waals surface area contributed by atoms with Gasteiger partial charge in [0.15, 0.2) is 5.13 Å². The van der Waals surface area contributed by atoms with Gasteiger partial charge in [-0.3, -0.25) is 4.79 Å². The monoisotopic (exact) mass is 302 g/mol. The summed E-state index contributed by atoms with van der Waals surface area (Å²) in [5, 5.41) is 6.06. The number of amides is 1. The lowest BCUT2D eigenvalue weighted by Gasteiger charge is -2.34. The molecule has 1 amide bonds. The summed E-state index contributed by atoms with van der Waals surface area (Å²) in [5.41, 5.74) is 0.980. The van der Waals surface area contributed by atoms with E-state index in [4.69, 9.17) is 0 Å². The number of pyridine rings is 1. The highest BCUT2D eigenvalue weighted by Crippen LogP contribution is 2.33. The smallest absolute Gasteiger partial charge is 0.220 e. The van der Waals surface area contributed by atoms with Crippen LogP contribution in [0.25, 0.3) is 0 Å². The van der Waals surface area contributed by atoms with Crippen LogP contribution in [0.5, 0.6) is 0 Å². The van der Waals surface area contributed by atoms with Crippen molar-refractivity contribution in [3.63, 3.8) is 0 Å². The number of nitrogens with zero attached hydrogens (tertiary/aromatic N) is 3. The second-order valence-electron chi connectivity index (χ2n) is 5.14. The number of anilines is 2. The molecule has 1 N–H and O–H groups in total. The van der Waals surface area contributed by atoms with Gasteiger partial charge in [-0.15, -0.1) is 11.3 Å². The third-order valence-electron chi connectivity index (χ3n) is 3.67. The first kappa shape index (κ1) is 14.0. The van der Waals surface area contributed by atoms with E-state index < -0.39 is 0 Å². The minimum Gasteiger partial charge on any atom is -0.334 e. The number of piperidine rings is 1. The molecular formula is C15H18N4OS. The molecule has 1 saturated heterocycles. The van der Waals surface area contributed by atoms with Crippen LogP contribution in [0.3, 0.4) is 0 Å². The van der Waals surface area contributed by atoms with Crippen molar-refractivity contribution in [1.82, 2.24) is 14.9 Å². The molecule has 0 saturated carbocycles. The predicted octanol–water partition coefficient (Wildman–Crippen LogP) is 3.36. The number of carbonyl (C=O) groups excluding carboxylic acids is 1. The predicted molar refractivity (Wildman–Crippen MR) is 83.6 cm³/mol. The first-order valence-corrected chi connectivity index (χ1v) is 8.02. The molecule has 0 radical (unpaired) electrons. The third kappa shape index (κ3) is 3.21.